The van der Waals surface area contributed by atoms with Crippen LogP contribution in [0.5, 0.6) is 0 Å². The zero-order valence-electron chi connectivity index (χ0n) is 12.6. The van der Waals surface area contributed by atoms with Crippen molar-refractivity contribution in [2.24, 2.45) is 5.92 Å². The van der Waals surface area contributed by atoms with Crippen molar-refractivity contribution in [3.63, 3.8) is 0 Å². The van der Waals surface area contributed by atoms with Crippen LogP contribution in [0.2, 0.25) is 0 Å². The number of ether oxygens (including phenoxy) is 1. The lowest BCUT2D eigenvalue weighted by molar-refractivity contribution is -0.151. The number of thiazole rings is 1. The van der Waals surface area contributed by atoms with Crippen molar-refractivity contribution in [1.29, 1.82) is 0 Å². The molecule has 0 spiro atoms. The van der Waals surface area contributed by atoms with Crippen LogP contribution in [0.15, 0.2) is 5.38 Å². The Kier molecular flexibility index (Phi) is 5.73. The Morgan fingerprint density at radius 2 is 2.14 bits per heavy atom. The van der Waals surface area contributed by atoms with Crippen LogP contribution in [0, 0.1) is 12.8 Å². The van der Waals surface area contributed by atoms with Crippen molar-refractivity contribution in [3.05, 3.63) is 16.1 Å². The number of amides is 1. The molecule has 1 fully saturated rings. The maximum Gasteiger partial charge on any atom is 0.309 e. The van der Waals surface area contributed by atoms with Crippen LogP contribution in [-0.2, 0) is 20.7 Å². The number of likely N-dealkylation sites (tertiary alicyclic amines) is 1. The molecule has 0 radical (unpaired) electrons. The molecule has 2 heterocycles. The van der Waals surface area contributed by atoms with Gasteiger partial charge in [-0.2, -0.15) is 0 Å². The van der Waals surface area contributed by atoms with Crippen LogP contribution in [0.1, 0.15) is 36.9 Å². The third-order valence-corrected chi connectivity index (χ3v) is 4.55. The summed E-state index contributed by atoms with van der Waals surface area (Å²) in [5.41, 5.74) is 0.993. The fourth-order valence-electron chi connectivity index (χ4n) is 2.54. The molecule has 0 unspecified atom stereocenters. The number of carbonyl (C=O) groups is 2. The highest BCUT2D eigenvalue weighted by atomic mass is 32.1. The second kappa shape index (κ2) is 7.54. The van der Waals surface area contributed by atoms with Gasteiger partial charge < -0.3 is 9.64 Å². The number of piperidine rings is 1. The predicted octanol–water partition coefficient (Wildman–Crippen LogP) is 2.19. The minimum absolute atomic E-state index is 0.0461. The summed E-state index contributed by atoms with van der Waals surface area (Å²) in [6, 6.07) is 0. The molecule has 1 aliphatic rings. The van der Waals surface area contributed by atoms with E-state index in [1.807, 2.05) is 24.1 Å². The number of aryl methyl sites for hydroxylation is 2. The van der Waals surface area contributed by atoms with Crippen LogP contribution in [0.4, 0.5) is 0 Å². The van der Waals surface area contributed by atoms with Crippen molar-refractivity contribution in [2.45, 2.75) is 39.5 Å². The zero-order chi connectivity index (χ0) is 15.2. The predicted molar refractivity (Wildman–Crippen MR) is 81.1 cm³/mol. The monoisotopic (exact) mass is 310 g/mol. The average Bonchev–Trinajstić information content (AvgIpc) is 2.91. The maximum absolute atomic E-state index is 12.2. The molecule has 0 N–H and O–H groups in total. The lowest BCUT2D eigenvalue weighted by atomic mass is 9.96. The molecule has 5 nitrogen and oxygen atoms in total. The molecule has 0 saturated carbocycles. The van der Waals surface area contributed by atoms with Gasteiger partial charge in [0.05, 0.1) is 23.2 Å². The van der Waals surface area contributed by atoms with Crippen LogP contribution in [0.25, 0.3) is 0 Å². The molecule has 1 aromatic rings. The van der Waals surface area contributed by atoms with Crippen molar-refractivity contribution in [2.75, 3.05) is 19.7 Å². The Balaban J connectivity index is 1.74. The first kappa shape index (κ1) is 15.9. The fraction of sp³-hybridized carbons (Fsp3) is 0.667. The highest BCUT2D eigenvalue weighted by Gasteiger charge is 2.27. The third kappa shape index (κ3) is 4.52. The smallest absolute Gasteiger partial charge is 0.309 e. The molecule has 1 aromatic heterocycles. The number of nitrogens with zero attached hydrogens (tertiary/aromatic N) is 2. The van der Waals surface area contributed by atoms with E-state index < -0.39 is 0 Å². The summed E-state index contributed by atoms with van der Waals surface area (Å²) in [5, 5.41) is 3.04. The van der Waals surface area contributed by atoms with Gasteiger partial charge in [-0.15, -0.1) is 11.3 Å². The van der Waals surface area contributed by atoms with E-state index in [4.69, 9.17) is 4.74 Å². The van der Waals surface area contributed by atoms with Crippen LogP contribution >= 0.6 is 11.3 Å². The molecule has 2 rings (SSSR count). The van der Waals surface area contributed by atoms with Crippen molar-refractivity contribution < 1.29 is 14.3 Å². The second-order valence-electron chi connectivity index (χ2n) is 5.26. The molecular weight excluding hydrogens is 288 g/mol. The molecule has 6 heteroatoms. The summed E-state index contributed by atoms with van der Waals surface area (Å²) in [5.74, 6) is -0.0132. The molecule has 116 valence electrons. The summed E-state index contributed by atoms with van der Waals surface area (Å²) >= 11 is 1.61. The standard InChI is InChI=1S/C15H22N2O3S/c1-3-20-15(19)12-6-8-17(9-7-12)14(18)5-4-13-10-21-11(2)16-13/h10,12H,3-9H2,1-2H3. The van der Waals surface area contributed by atoms with E-state index in [1.165, 1.54) is 0 Å². The molecule has 1 amide bonds. The van der Waals surface area contributed by atoms with E-state index in [1.54, 1.807) is 11.3 Å². The lowest BCUT2D eigenvalue weighted by Gasteiger charge is -2.30. The number of hydrogen-bond donors (Lipinski definition) is 0. The molecule has 21 heavy (non-hydrogen) atoms. The first-order valence-corrected chi connectivity index (χ1v) is 8.33. The number of carbonyl (C=O) groups excluding carboxylic acids is 2. The summed E-state index contributed by atoms with van der Waals surface area (Å²) in [6.07, 6.45) is 2.61. The topological polar surface area (TPSA) is 59.5 Å². The largest absolute Gasteiger partial charge is 0.466 e. The molecule has 0 bridgehead atoms. The Labute approximate surface area is 129 Å². The third-order valence-electron chi connectivity index (χ3n) is 3.73. The number of aromatic nitrogens is 1. The molecule has 1 saturated heterocycles. The highest BCUT2D eigenvalue weighted by Crippen LogP contribution is 2.20. The van der Waals surface area contributed by atoms with Gasteiger partial charge in [0.15, 0.2) is 0 Å². The molecule has 0 atom stereocenters. The summed E-state index contributed by atoms with van der Waals surface area (Å²) in [7, 11) is 0. The van der Waals surface area contributed by atoms with Gasteiger partial charge in [0.25, 0.3) is 0 Å². The zero-order valence-corrected chi connectivity index (χ0v) is 13.4. The van der Waals surface area contributed by atoms with Crippen LogP contribution in [-0.4, -0.2) is 41.5 Å². The van der Waals surface area contributed by atoms with E-state index in [2.05, 4.69) is 4.98 Å². The molecule has 0 aliphatic carbocycles. The van der Waals surface area contributed by atoms with E-state index in [9.17, 15) is 9.59 Å². The Bertz CT molecular complexity index is 493. The minimum atomic E-state index is -0.123. The fourth-order valence-corrected chi connectivity index (χ4v) is 3.19. The van der Waals surface area contributed by atoms with E-state index in [0.717, 1.165) is 10.7 Å². The van der Waals surface area contributed by atoms with Crippen molar-refractivity contribution in [3.8, 4) is 0 Å². The van der Waals surface area contributed by atoms with Crippen molar-refractivity contribution >= 4 is 23.2 Å². The van der Waals surface area contributed by atoms with Gasteiger partial charge in [-0.05, 0) is 33.1 Å². The quantitative estimate of drug-likeness (QED) is 0.782. The Hall–Kier alpha value is -1.43. The van der Waals surface area contributed by atoms with Crippen LogP contribution < -0.4 is 0 Å². The summed E-state index contributed by atoms with van der Waals surface area (Å²) < 4.78 is 5.04. The van der Waals surface area contributed by atoms with Crippen LogP contribution in [0.3, 0.4) is 0 Å². The minimum Gasteiger partial charge on any atom is -0.466 e. The average molecular weight is 310 g/mol. The Morgan fingerprint density at radius 3 is 2.71 bits per heavy atom. The molecule has 0 aromatic carbocycles. The SMILES string of the molecule is CCOC(=O)C1CCN(C(=O)CCc2csc(C)n2)CC1. The van der Waals surface area contributed by atoms with Gasteiger partial charge in [0.1, 0.15) is 0 Å². The highest BCUT2D eigenvalue weighted by molar-refractivity contribution is 7.09. The van der Waals surface area contributed by atoms with Gasteiger partial charge in [0.2, 0.25) is 5.91 Å². The van der Waals surface area contributed by atoms with Crippen molar-refractivity contribution in [1.82, 2.24) is 9.88 Å². The first-order valence-electron chi connectivity index (χ1n) is 7.45. The van der Waals surface area contributed by atoms with Gasteiger partial charge in [0, 0.05) is 24.9 Å². The van der Waals surface area contributed by atoms with E-state index >= 15 is 0 Å². The van der Waals surface area contributed by atoms with Gasteiger partial charge in [-0.3, -0.25) is 9.59 Å². The van der Waals surface area contributed by atoms with Gasteiger partial charge in [-0.25, -0.2) is 4.98 Å². The number of hydrogen-bond acceptors (Lipinski definition) is 5. The maximum atomic E-state index is 12.2. The van der Waals surface area contributed by atoms with E-state index in [-0.39, 0.29) is 17.8 Å². The first-order chi connectivity index (χ1) is 10.1. The summed E-state index contributed by atoms with van der Waals surface area (Å²) in [4.78, 5) is 30.0. The molecule has 1 aliphatic heterocycles. The molecular formula is C15H22N2O3S. The number of esters is 1. The van der Waals surface area contributed by atoms with Gasteiger partial charge in [-0.1, -0.05) is 0 Å². The van der Waals surface area contributed by atoms with E-state index in [0.29, 0.717) is 45.4 Å². The normalized spacial score (nSPS) is 16.0. The lowest BCUT2D eigenvalue weighted by Crippen LogP contribution is -2.40. The second-order valence-corrected chi connectivity index (χ2v) is 6.33. The van der Waals surface area contributed by atoms with Gasteiger partial charge >= 0.3 is 5.97 Å². The summed E-state index contributed by atoms with van der Waals surface area (Å²) in [6.45, 7) is 5.51. The Morgan fingerprint density at radius 1 is 1.43 bits per heavy atom. The number of rotatable bonds is 5.